The van der Waals surface area contributed by atoms with E-state index in [0.29, 0.717) is 6.04 Å². The van der Waals surface area contributed by atoms with Gasteiger partial charge in [-0.3, -0.25) is 10.0 Å². The molecule has 0 radical (unpaired) electrons. The van der Waals surface area contributed by atoms with Crippen LogP contribution in [0.4, 0.5) is 0 Å². The minimum atomic E-state index is -0.477. The van der Waals surface area contributed by atoms with Crippen molar-refractivity contribution in [2.75, 3.05) is 27.2 Å². The van der Waals surface area contributed by atoms with Crippen LogP contribution in [0.5, 0.6) is 0 Å². The summed E-state index contributed by atoms with van der Waals surface area (Å²) in [4.78, 5) is 16.0. The van der Waals surface area contributed by atoms with Gasteiger partial charge in [-0.15, -0.1) is 0 Å². The Labute approximate surface area is 159 Å². The third kappa shape index (κ3) is 7.34. The van der Waals surface area contributed by atoms with E-state index >= 15 is 0 Å². The first kappa shape index (κ1) is 22.5. The molecule has 0 spiro atoms. The zero-order valence-corrected chi connectivity index (χ0v) is 17.2. The summed E-state index contributed by atoms with van der Waals surface area (Å²) in [5, 5.41) is 8.64. The molecule has 0 aromatic rings. The highest BCUT2D eigenvalue weighted by atomic mass is 16.5. The minimum Gasteiger partial charge on any atom is -0.368 e. The van der Waals surface area contributed by atoms with Crippen LogP contribution in [0.1, 0.15) is 52.9 Å². The van der Waals surface area contributed by atoms with Gasteiger partial charge in [0, 0.05) is 30.9 Å². The van der Waals surface area contributed by atoms with Gasteiger partial charge in [-0.05, 0) is 51.8 Å². The Kier molecular flexibility index (Phi) is 10.3. The van der Waals surface area contributed by atoms with Crippen LogP contribution >= 0.6 is 0 Å². The number of nitrogens with zero attached hydrogens (tertiary/aromatic N) is 2. The molecule has 0 saturated heterocycles. The van der Waals surface area contributed by atoms with Gasteiger partial charge in [0.05, 0.1) is 0 Å². The van der Waals surface area contributed by atoms with Gasteiger partial charge >= 0.3 is 0 Å². The van der Waals surface area contributed by atoms with E-state index in [-0.39, 0.29) is 5.92 Å². The number of likely N-dealkylation sites (N-methyl/N-ethyl adjacent to an activating group) is 1. The van der Waals surface area contributed by atoms with Gasteiger partial charge in [0.2, 0.25) is 0 Å². The molecule has 1 rings (SSSR count). The Balaban J connectivity index is 3.00. The van der Waals surface area contributed by atoms with Crippen molar-refractivity contribution in [3.05, 3.63) is 35.6 Å². The van der Waals surface area contributed by atoms with E-state index in [4.69, 9.17) is 5.21 Å². The number of amides is 1. The smallest absolute Gasteiger partial charge is 0.267 e. The molecule has 0 aliphatic heterocycles. The Bertz CT molecular complexity index is 523. The van der Waals surface area contributed by atoms with Crippen molar-refractivity contribution < 1.29 is 10.0 Å². The second kappa shape index (κ2) is 11.9. The predicted octanol–water partition coefficient (Wildman–Crippen LogP) is 3.73. The van der Waals surface area contributed by atoms with E-state index in [1.54, 1.807) is 5.48 Å². The Morgan fingerprint density at radius 2 is 2.08 bits per heavy atom. The molecule has 0 bridgehead atoms. The molecular formula is C21H37N3O2. The fraction of sp³-hybridized carbons (Fsp3) is 0.667. The highest BCUT2D eigenvalue weighted by molar-refractivity contribution is 5.86. The number of hydrogen-bond acceptors (Lipinski definition) is 4. The molecule has 1 aliphatic rings. The molecule has 2 N–H and O–H groups in total. The standard InChI is InChI=1S/C21H37N3O2/c1-6-8-17(3)24(15-14-23(4)5)20-12-10-18(11-13-21(25)22-26)16-19(20)9-7-2/h11-13,16-18,26H,6-10,14-15H2,1-5H3,(H,22,25)/b13-11+. The van der Waals surface area contributed by atoms with Gasteiger partial charge < -0.3 is 9.80 Å². The Morgan fingerprint density at radius 3 is 2.65 bits per heavy atom. The molecule has 5 heteroatoms. The summed E-state index contributed by atoms with van der Waals surface area (Å²) >= 11 is 0. The topological polar surface area (TPSA) is 55.8 Å². The normalized spacial score (nSPS) is 18.7. The number of allylic oxidation sites excluding steroid dienone is 4. The van der Waals surface area contributed by atoms with Crippen molar-refractivity contribution in [3.63, 3.8) is 0 Å². The first-order valence-electron chi connectivity index (χ1n) is 9.87. The van der Waals surface area contributed by atoms with Crippen molar-refractivity contribution >= 4 is 5.91 Å². The Morgan fingerprint density at radius 1 is 1.35 bits per heavy atom. The lowest BCUT2D eigenvalue weighted by atomic mass is 9.90. The lowest BCUT2D eigenvalue weighted by Gasteiger charge is -2.37. The van der Waals surface area contributed by atoms with Crippen LogP contribution < -0.4 is 5.48 Å². The highest BCUT2D eigenvalue weighted by Crippen LogP contribution is 2.31. The first-order chi connectivity index (χ1) is 12.4. The van der Waals surface area contributed by atoms with Crippen LogP contribution in [0.25, 0.3) is 0 Å². The maximum atomic E-state index is 11.2. The van der Waals surface area contributed by atoms with Gasteiger partial charge in [0.25, 0.3) is 5.91 Å². The second-order valence-corrected chi connectivity index (χ2v) is 7.40. The van der Waals surface area contributed by atoms with Crippen LogP contribution in [0.3, 0.4) is 0 Å². The quantitative estimate of drug-likeness (QED) is 0.334. The molecule has 0 aromatic carbocycles. The molecule has 0 saturated carbocycles. The minimum absolute atomic E-state index is 0.204. The molecule has 2 atom stereocenters. The van der Waals surface area contributed by atoms with Crippen molar-refractivity contribution in [1.29, 1.82) is 0 Å². The molecule has 26 heavy (non-hydrogen) atoms. The average Bonchev–Trinajstić information content (AvgIpc) is 2.61. The number of nitrogens with one attached hydrogen (secondary N) is 1. The summed E-state index contributed by atoms with van der Waals surface area (Å²) in [6.07, 6.45) is 13.3. The van der Waals surface area contributed by atoms with Crippen LogP contribution in [0, 0.1) is 5.92 Å². The molecule has 0 heterocycles. The maximum Gasteiger partial charge on any atom is 0.267 e. The van der Waals surface area contributed by atoms with E-state index in [0.717, 1.165) is 32.4 Å². The molecule has 1 aliphatic carbocycles. The lowest BCUT2D eigenvalue weighted by molar-refractivity contribution is -0.124. The molecular weight excluding hydrogens is 326 g/mol. The summed E-state index contributed by atoms with van der Waals surface area (Å²) in [5.74, 6) is -0.274. The zero-order chi connectivity index (χ0) is 19.5. The molecule has 0 aromatic heterocycles. The summed E-state index contributed by atoms with van der Waals surface area (Å²) in [6.45, 7) is 8.82. The number of hydrogen-bond donors (Lipinski definition) is 2. The first-order valence-corrected chi connectivity index (χ1v) is 9.87. The number of carbonyl (C=O) groups is 1. The molecule has 0 fully saturated rings. The van der Waals surface area contributed by atoms with Crippen LogP contribution in [-0.4, -0.2) is 54.1 Å². The van der Waals surface area contributed by atoms with E-state index in [1.807, 2.05) is 6.08 Å². The summed E-state index contributed by atoms with van der Waals surface area (Å²) in [6, 6.07) is 0.513. The SMILES string of the molecule is CCCC1=CC(/C=C/C(=O)NO)CC=C1N(CCN(C)C)C(C)CCC. The van der Waals surface area contributed by atoms with Gasteiger partial charge in [-0.1, -0.05) is 44.9 Å². The monoisotopic (exact) mass is 363 g/mol. The molecule has 5 nitrogen and oxygen atoms in total. The van der Waals surface area contributed by atoms with E-state index in [1.165, 1.54) is 30.2 Å². The second-order valence-electron chi connectivity index (χ2n) is 7.40. The lowest BCUT2D eigenvalue weighted by Crippen LogP contribution is -2.38. The highest BCUT2D eigenvalue weighted by Gasteiger charge is 2.22. The van der Waals surface area contributed by atoms with Crippen molar-refractivity contribution in [1.82, 2.24) is 15.3 Å². The van der Waals surface area contributed by atoms with Crippen LogP contribution in [0.15, 0.2) is 35.6 Å². The molecule has 1 amide bonds. The van der Waals surface area contributed by atoms with Gasteiger partial charge in [0.1, 0.15) is 0 Å². The van der Waals surface area contributed by atoms with Crippen LogP contribution in [-0.2, 0) is 4.79 Å². The maximum absolute atomic E-state index is 11.2. The number of hydroxylamine groups is 1. The third-order valence-electron chi connectivity index (χ3n) is 4.79. The van der Waals surface area contributed by atoms with Crippen LogP contribution in [0.2, 0.25) is 0 Å². The van der Waals surface area contributed by atoms with Gasteiger partial charge in [-0.2, -0.15) is 0 Å². The Hall–Kier alpha value is -1.59. The fourth-order valence-electron chi connectivity index (χ4n) is 3.42. The predicted molar refractivity (Wildman–Crippen MR) is 108 cm³/mol. The summed E-state index contributed by atoms with van der Waals surface area (Å²) in [5.41, 5.74) is 4.39. The average molecular weight is 364 g/mol. The molecule has 148 valence electrons. The van der Waals surface area contributed by atoms with Gasteiger partial charge in [-0.25, -0.2) is 5.48 Å². The van der Waals surface area contributed by atoms with Crippen molar-refractivity contribution in [2.45, 2.75) is 58.9 Å². The van der Waals surface area contributed by atoms with E-state index < -0.39 is 5.91 Å². The van der Waals surface area contributed by atoms with E-state index in [9.17, 15) is 4.79 Å². The number of rotatable bonds is 11. The largest absolute Gasteiger partial charge is 0.368 e. The van der Waals surface area contributed by atoms with Crippen molar-refractivity contribution in [2.24, 2.45) is 5.92 Å². The number of carbonyl (C=O) groups excluding carboxylic acids is 1. The van der Waals surface area contributed by atoms with Crippen molar-refractivity contribution in [3.8, 4) is 0 Å². The third-order valence-corrected chi connectivity index (χ3v) is 4.79. The molecule has 2 unspecified atom stereocenters. The zero-order valence-electron chi connectivity index (χ0n) is 17.2. The van der Waals surface area contributed by atoms with E-state index in [2.05, 4.69) is 56.8 Å². The summed E-state index contributed by atoms with van der Waals surface area (Å²) < 4.78 is 0. The fourth-order valence-corrected chi connectivity index (χ4v) is 3.42. The van der Waals surface area contributed by atoms with Gasteiger partial charge in [0.15, 0.2) is 0 Å². The summed E-state index contributed by atoms with van der Waals surface area (Å²) in [7, 11) is 4.24.